The molecule has 0 heterocycles. The maximum atomic E-state index is 9.96. The summed E-state index contributed by atoms with van der Waals surface area (Å²) in [6.45, 7) is 0. The standard InChI is InChI=1S/C3H9NO3S.Li/c1-4(2)3-8(5,6)7;/h3H2,1-2H3,(H,5,6,7);. The molecule has 0 aliphatic heterocycles. The molecule has 6 heteroatoms. The zero-order valence-corrected chi connectivity index (χ0v) is 6.64. The van der Waals surface area contributed by atoms with E-state index in [1.165, 1.54) is 4.90 Å². The summed E-state index contributed by atoms with van der Waals surface area (Å²) in [7, 11) is -0.671. The van der Waals surface area contributed by atoms with Crippen molar-refractivity contribution < 1.29 is 13.0 Å². The Bertz CT molecular complexity index is 152. The SMILES string of the molecule is CN(C)CS(=O)(=O)O.[Li]. The summed E-state index contributed by atoms with van der Waals surface area (Å²) in [4.78, 5) is 1.37. The average Bonchev–Trinajstić information content (AvgIpc) is 1.21. The molecule has 0 saturated carbocycles. The first-order valence-corrected chi connectivity index (χ1v) is 3.62. The van der Waals surface area contributed by atoms with Crippen molar-refractivity contribution in [3.63, 3.8) is 0 Å². The predicted molar refractivity (Wildman–Crippen MR) is 35.9 cm³/mol. The van der Waals surface area contributed by atoms with Gasteiger partial charge in [0.1, 0.15) is 5.88 Å². The van der Waals surface area contributed by atoms with Crippen LogP contribution in [0.2, 0.25) is 0 Å². The van der Waals surface area contributed by atoms with Crippen molar-refractivity contribution in [3.05, 3.63) is 0 Å². The Morgan fingerprint density at radius 2 is 1.78 bits per heavy atom. The van der Waals surface area contributed by atoms with Gasteiger partial charge in [-0.3, -0.25) is 9.45 Å². The summed E-state index contributed by atoms with van der Waals surface area (Å²) in [5, 5.41) is 0. The van der Waals surface area contributed by atoms with E-state index in [-0.39, 0.29) is 24.7 Å². The van der Waals surface area contributed by atoms with Crippen molar-refractivity contribution in [1.82, 2.24) is 4.90 Å². The number of nitrogens with zero attached hydrogens (tertiary/aromatic N) is 1. The van der Waals surface area contributed by atoms with Crippen LogP contribution in [-0.2, 0) is 10.1 Å². The second kappa shape index (κ2) is 4.31. The molecular weight excluding hydrogens is 137 g/mol. The normalized spacial score (nSPS) is 11.1. The molecule has 1 radical (unpaired) electrons. The molecule has 9 heavy (non-hydrogen) atoms. The Morgan fingerprint density at radius 1 is 1.44 bits per heavy atom. The molecule has 51 valence electrons. The fraction of sp³-hybridized carbons (Fsp3) is 1.00. The molecule has 0 unspecified atom stereocenters. The second-order valence-corrected chi connectivity index (χ2v) is 3.21. The van der Waals surface area contributed by atoms with Crippen LogP contribution in [0.25, 0.3) is 0 Å². The first kappa shape index (κ1) is 12.2. The van der Waals surface area contributed by atoms with Crippen molar-refractivity contribution in [2.45, 2.75) is 0 Å². The minimum atomic E-state index is -3.80. The number of hydrogen-bond acceptors (Lipinski definition) is 3. The van der Waals surface area contributed by atoms with Crippen molar-refractivity contribution >= 4 is 29.0 Å². The predicted octanol–water partition coefficient (Wildman–Crippen LogP) is -0.987. The van der Waals surface area contributed by atoms with E-state index in [0.717, 1.165) is 0 Å². The first-order valence-electron chi connectivity index (χ1n) is 2.02. The zero-order valence-electron chi connectivity index (χ0n) is 5.83. The molecule has 0 atom stereocenters. The molecular formula is C3H9LiNO3S. The quantitative estimate of drug-likeness (QED) is 0.401. The van der Waals surface area contributed by atoms with Gasteiger partial charge in [-0.15, -0.1) is 0 Å². The molecule has 4 nitrogen and oxygen atoms in total. The van der Waals surface area contributed by atoms with Gasteiger partial charge in [0.05, 0.1) is 0 Å². The van der Waals surface area contributed by atoms with Crippen LogP contribution in [0, 0.1) is 0 Å². The van der Waals surface area contributed by atoms with Gasteiger partial charge in [0.25, 0.3) is 10.1 Å². The Kier molecular flexibility index (Phi) is 5.83. The summed E-state index contributed by atoms with van der Waals surface area (Å²) >= 11 is 0. The Balaban J connectivity index is 0. The third-order valence-electron chi connectivity index (χ3n) is 0.421. The molecule has 0 aliphatic rings. The van der Waals surface area contributed by atoms with Crippen LogP contribution < -0.4 is 0 Å². The van der Waals surface area contributed by atoms with Gasteiger partial charge in [0.2, 0.25) is 0 Å². The first-order chi connectivity index (χ1) is 3.42. The van der Waals surface area contributed by atoms with Gasteiger partial charge in [0, 0.05) is 18.9 Å². The van der Waals surface area contributed by atoms with E-state index in [0.29, 0.717) is 0 Å². The van der Waals surface area contributed by atoms with E-state index >= 15 is 0 Å². The molecule has 0 rings (SSSR count). The van der Waals surface area contributed by atoms with Gasteiger partial charge >= 0.3 is 0 Å². The third kappa shape index (κ3) is 11.8. The maximum absolute atomic E-state index is 9.96. The van der Waals surface area contributed by atoms with Crippen LogP contribution >= 0.6 is 0 Å². The van der Waals surface area contributed by atoms with Gasteiger partial charge in [-0.05, 0) is 14.1 Å². The maximum Gasteiger partial charge on any atom is 0.278 e. The van der Waals surface area contributed by atoms with Crippen molar-refractivity contribution in [3.8, 4) is 0 Å². The fourth-order valence-electron chi connectivity index (χ4n) is 0.326. The van der Waals surface area contributed by atoms with Crippen LogP contribution in [0.4, 0.5) is 0 Å². The zero-order chi connectivity index (χ0) is 6.78. The fourth-order valence-corrected chi connectivity index (χ4v) is 0.979. The Hall–Kier alpha value is 0.467. The van der Waals surface area contributed by atoms with Gasteiger partial charge in [-0.1, -0.05) is 0 Å². The summed E-state index contributed by atoms with van der Waals surface area (Å²) in [6.07, 6.45) is 0. The van der Waals surface area contributed by atoms with Crippen LogP contribution in [-0.4, -0.2) is 56.7 Å². The minimum Gasteiger partial charge on any atom is -0.294 e. The number of rotatable bonds is 2. The van der Waals surface area contributed by atoms with Gasteiger partial charge in [-0.25, -0.2) is 0 Å². The molecule has 1 N–H and O–H groups in total. The van der Waals surface area contributed by atoms with Crippen molar-refractivity contribution in [1.29, 1.82) is 0 Å². The van der Waals surface area contributed by atoms with E-state index in [4.69, 9.17) is 4.55 Å². The van der Waals surface area contributed by atoms with Crippen LogP contribution in [0.3, 0.4) is 0 Å². The molecule has 0 fully saturated rings. The molecule has 0 saturated heterocycles. The molecule has 0 aliphatic carbocycles. The molecule has 0 aromatic heterocycles. The van der Waals surface area contributed by atoms with Crippen molar-refractivity contribution in [2.75, 3.05) is 20.0 Å². The van der Waals surface area contributed by atoms with Crippen LogP contribution in [0.1, 0.15) is 0 Å². The van der Waals surface area contributed by atoms with Crippen molar-refractivity contribution in [2.24, 2.45) is 0 Å². The molecule has 0 aromatic carbocycles. The second-order valence-electron chi connectivity index (χ2n) is 1.79. The Morgan fingerprint density at radius 3 is 1.78 bits per heavy atom. The molecule has 0 spiro atoms. The van der Waals surface area contributed by atoms with Gasteiger partial charge in [-0.2, -0.15) is 8.42 Å². The molecule has 0 amide bonds. The average molecular weight is 146 g/mol. The summed E-state index contributed by atoms with van der Waals surface area (Å²) in [6, 6.07) is 0. The van der Waals surface area contributed by atoms with E-state index in [9.17, 15) is 8.42 Å². The number of hydrogen-bond donors (Lipinski definition) is 1. The van der Waals surface area contributed by atoms with E-state index in [2.05, 4.69) is 0 Å². The monoisotopic (exact) mass is 146 g/mol. The van der Waals surface area contributed by atoms with Crippen LogP contribution in [0.5, 0.6) is 0 Å². The summed E-state index contributed by atoms with van der Waals surface area (Å²) in [5.74, 6) is -0.312. The smallest absolute Gasteiger partial charge is 0.278 e. The van der Waals surface area contributed by atoms with E-state index < -0.39 is 10.1 Å². The minimum absolute atomic E-state index is 0. The van der Waals surface area contributed by atoms with Crippen LogP contribution in [0.15, 0.2) is 0 Å². The summed E-state index contributed by atoms with van der Waals surface area (Å²) in [5.41, 5.74) is 0. The van der Waals surface area contributed by atoms with E-state index in [1.54, 1.807) is 14.1 Å². The topological polar surface area (TPSA) is 57.6 Å². The largest absolute Gasteiger partial charge is 0.294 e. The Labute approximate surface area is 67.2 Å². The third-order valence-corrected chi connectivity index (χ3v) is 1.26. The summed E-state index contributed by atoms with van der Waals surface area (Å²) < 4.78 is 28.0. The van der Waals surface area contributed by atoms with E-state index in [1.807, 2.05) is 0 Å². The van der Waals surface area contributed by atoms with Gasteiger partial charge < -0.3 is 0 Å². The molecule has 0 aromatic rings. The molecule has 0 bridgehead atoms. The van der Waals surface area contributed by atoms with Gasteiger partial charge in [0.15, 0.2) is 0 Å².